The zero-order chi connectivity index (χ0) is 9.14. The Morgan fingerprint density at radius 1 is 1.50 bits per heavy atom. The minimum atomic E-state index is 0.268. The first-order valence-corrected chi connectivity index (χ1v) is 4.64. The SMILES string of the molecule is [CH2]C(C)c1cc(CC)ccc1Cl. The summed E-state index contributed by atoms with van der Waals surface area (Å²) in [7, 11) is 0. The Kier molecular flexibility index (Phi) is 3.16. The first kappa shape index (κ1) is 9.60. The number of aryl methyl sites for hydroxylation is 1. The quantitative estimate of drug-likeness (QED) is 0.651. The first-order chi connectivity index (χ1) is 5.65. The molecule has 0 aliphatic carbocycles. The lowest BCUT2D eigenvalue weighted by Gasteiger charge is -2.09. The Morgan fingerprint density at radius 2 is 2.17 bits per heavy atom. The van der Waals surface area contributed by atoms with Gasteiger partial charge in [0.25, 0.3) is 0 Å². The van der Waals surface area contributed by atoms with E-state index >= 15 is 0 Å². The summed E-state index contributed by atoms with van der Waals surface area (Å²) in [5, 5.41) is 0.828. The summed E-state index contributed by atoms with van der Waals surface area (Å²) in [5.41, 5.74) is 2.47. The fourth-order valence-corrected chi connectivity index (χ4v) is 1.49. The summed E-state index contributed by atoms with van der Waals surface area (Å²) in [6, 6.07) is 6.16. The summed E-state index contributed by atoms with van der Waals surface area (Å²) in [6.45, 7) is 8.16. The van der Waals surface area contributed by atoms with Crippen molar-refractivity contribution >= 4 is 11.6 Å². The fraction of sp³-hybridized carbons (Fsp3) is 0.364. The molecule has 1 heteroatoms. The molecule has 0 bridgehead atoms. The third-order valence-corrected chi connectivity index (χ3v) is 2.34. The van der Waals surface area contributed by atoms with Crippen LogP contribution in [-0.2, 0) is 6.42 Å². The topological polar surface area (TPSA) is 0 Å². The highest BCUT2D eigenvalue weighted by molar-refractivity contribution is 6.31. The highest BCUT2D eigenvalue weighted by atomic mass is 35.5. The Labute approximate surface area is 79.6 Å². The second-order valence-corrected chi connectivity index (χ2v) is 3.52. The fourth-order valence-electron chi connectivity index (χ4n) is 1.19. The van der Waals surface area contributed by atoms with Crippen LogP contribution in [0.15, 0.2) is 18.2 Å². The summed E-state index contributed by atoms with van der Waals surface area (Å²) in [4.78, 5) is 0. The third kappa shape index (κ3) is 2.01. The number of benzene rings is 1. The van der Waals surface area contributed by atoms with Gasteiger partial charge >= 0.3 is 0 Å². The average Bonchev–Trinajstić information content (AvgIpc) is 2.05. The molecule has 1 aromatic rings. The lowest BCUT2D eigenvalue weighted by atomic mass is 10.00. The van der Waals surface area contributed by atoms with E-state index in [-0.39, 0.29) is 5.92 Å². The van der Waals surface area contributed by atoms with E-state index in [4.69, 9.17) is 11.6 Å². The largest absolute Gasteiger partial charge is 0.0840 e. The number of hydrogen-bond donors (Lipinski definition) is 0. The monoisotopic (exact) mass is 181 g/mol. The Bertz CT molecular complexity index is 264. The predicted octanol–water partition coefficient (Wildman–Crippen LogP) is 3.84. The highest BCUT2D eigenvalue weighted by Gasteiger charge is 2.04. The van der Waals surface area contributed by atoms with E-state index in [9.17, 15) is 0 Å². The van der Waals surface area contributed by atoms with Crippen molar-refractivity contribution in [3.05, 3.63) is 41.3 Å². The molecule has 1 unspecified atom stereocenters. The minimum Gasteiger partial charge on any atom is -0.0840 e. The molecule has 0 aliphatic rings. The molecular weight excluding hydrogens is 168 g/mol. The lowest BCUT2D eigenvalue weighted by Crippen LogP contribution is -1.91. The molecule has 0 nitrogen and oxygen atoms in total. The molecule has 0 aromatic heterocycles. The van der Waals surface area contributed by atoms with Gasteiger partial charge in [-0.2, -0.15) is 0 Å². The van der Waals surface area contributed by atoms with E-state index in [2.05, 4.69) is 32.9 Å². The molecule has 1 rings (SSSR count). The molecule has 12 heavy (non-hydrogen) atoms. The van der Waals surface area contributed by atoms with E-state index in [1.165, 1.54) is 5.56 Å². The predicted molar refractivity (Wildman–Crippen MR) is 54.6 cm³/mol. The molecular formula is C11H14Cl. The van der Waals surface area contributed by atoms with Gasteiger partial charge in [0.05, 0.1) is 0 Å². The second kappa shape index (κ2) is 3.95. The molecule has 0 N–H and O–H groups in total. The van der Waals surface area contributed by atoms with Gasteiger partial charge in [-0.15, -0.1) is 0 Å². The van der Waals surface area contributed by atoms with Crippen molar-refractivity contribution in [2.75, 3.05) is 0 Å². The van der Waals surface area contributed by atoms with Crippen molar-refractivity contribution in [3.8, 4) is 0 Å². The Hall–Kier alpha value is -0.490. The zero-order valence-corrected chi connectivity index (χ0v) is 8.36. The number of halogens is 1. The van der Waals surface area contributed by atoms with Gasteiger partial charge in [-0.05, 0) is 36.5 Å². The van der Waals surface area contributed by atoms with Crippen LogP contribution >= 0.6 is 11.6 Å². The maximum Gasteiger partial charge on any atom is 0.0440 e. The van der Waals surface area contributed by atoms with E-state index in [0.29, 0.717) is 0 Å². The van der Waals surface area contributed by atoms with Crippen LogP contribution in [0.25, 0.3) is 0 Å². The molecule has 1 radical (unpaired) electrons. The highest BCUT2D eigenvalue weighted by Crippen LogP contribution is 2.24. The van der Waals surface area contributed by atoms with Crippen LogP contribution in [0.1, 0.15) is 30.9 Å². The van der Waals surface area contributed by atoms with Crippen LogP contribution in [-0.4, -0.2) is 0 Å². The maximum atomic E-state index is 6.01. The van der Waals surface area contributed by atoms with Crippen LogP contribution in [0.4, 0.5) is 0 Å². The van der Waals surface area contributed by atoms with Crippen molar-refractivity contribution in [1.29, 1.82) is 0 Å². The summed E-state index contributed by atoms with van der Waals surface area (Å²) >= 11 is 6.01. The maximum absolute atomic E-state index is 6.01. The van der Waals surface area contributed by atoms with Crippen molar-refractivity contribution in [3.63, 3.8) is 0 Å². The van der Waals surface area contributed by atoms with Crippen LogP contribution in [0, 0.1) is 6.92 Å². The van der Waals surface area contributed by atoms with Gasteiger partial charge < -0.3 is 0 Å². The molecule has 0 spiro atoms. The van der Waals surface area contributed by atoms with Gasteiger partial charge in [-0.3, -0.25) is 0 Å². The smallest absolute Gasteiger partial charge is 0.0440 e. The zero-order valence-electron chi connectivity index (χ0n) is 7.60. The van der Waals surface area contributed by atoms with Crippen molar-refractivity contribution in [2.45, 2.75) is 26.2 Å². The van der Waals surface area contributed by atoms with Crippen LogP contribution in [0.2, 0.25) is 5.02 Å². The van der Waals surface area contributed by atoms with Gasteiger partial charge in [0.1, 0.15) is 0 Å². The number of hydrogen-bond acceptors (Lipinski definition) is 0. The van der Waals surface area contributed by atoms with Crippen LogP contribution in [0.5, 0.6) is 0 Å². The molecule has 0 fully saturated rings. The summed E-state index contributed by atoms with van der Waals surface area (Å²) in [5.74, 6) is 0.268. The van der Waals surface area contributed by atoms with Gasteiger partial charge in [0, 0.05) is 5.02 Å². The van der Waals surface area contributed by atoms with Gasteiger partial charge in [-0.25, -0.2) is 0 Å². The normalized spacial score (nSPS) is 10.8. The average molecular weight is 182 g/mol. The molecule has 0 aliphatic heterocycles. The molecule has 0 saturated carbocycles. The Balaban J connectivity index is 3.08. The van der Waals surface area contributed by atoms with Gasteiger partial charge in [-0.1, -0.05) is 37.6 Å². The third-order valence-electron chi connectivity index (χ3n) is 2.00. The lowest BCUT2D eigenvalue weighted by molar-refractivity contribution is 0.955. The van der Waals surface area contributed by atoms with Crippen molar-refractivity contribution < 1.29 is 0 Å². The van der Waals surface area contributed by atoms with Crippen molar-refractivity contribution in [1.82, 2.24) is 0 Å². The van der Waals surface area contributed by atoms with Crippen molar-refractivity contribution in [2.24, 2.45) is 0 Å². The van der Waals surface area contributed by atoms with E-state index < -0.39 is 0 Å². The van der Waals surface area contributed by atoms with E-state index in [1.807, 2.05) is 6.07 Å². The second-order valence-electron chi connectivity index (χ2n) is 3.11. The molecule has 0 heterocycles. The summed E-state index contributed by atoms with van der Waals surface area (Å²) < 4.78 is 0. The summed E-state index contributed by atoms with van der Waals surface area (Å²) in [6.07, 6.45) is 1.05. The van der Waals surface area contributed by atoms with E-state index in [0.717, 1.165) is 17.0 Å². The molecule has 65 valence electrons. The van der Waals surface area contributed by atoms with Gasteiger partial charge in [0.2, 0.25) is 0 Å². The molecule has 0 saturated heterocycles. The molecule has 1 atom stereocenters. The Morgan fingerprint density at radius 3 is 2.67 bits per heavy atom. The first-order valence-electron chi connectivity index (χ1n) is 4.26. The van der Waals surface area contributed by atoms with Gasteiger partial charge in [0.15, 0.2) is 0 Å². The standard InChI is InChI=1S/C11H14Cl/c1-4-9-5-6-11(12)10(7-9)8(2)3/h5-8H,2,4H2,1,3H3. The molecule has 0 amide bonds. The molecule has 1 aromatic carbocycles. The van der Waals surface area contributed by atoms with Crippen LogP contribution < -0.4 is 0 Å². The van der Waals surface area contributed by atoms with Crippen LogP contribution in [0.3, 0.4) is 0 Å². The minimum absolute atomic E-state index is 0.268. The number of rotatable bonds is 2. The van der Waals surface area contributed by atoms with E-state index in [1.54, 1.807) is 0 Å².